The summed E-state index contributed by atoms with van der Waals surface area (Å²) in [7, 11) is 0. The van der Waals surface area contributed by atoms with Crippen molar-refractivity contribution < 1.29 is 18.7 Å². The number of halogens is 3. The van der Waals surface area contributed by atoms with E-state index in [1.807, 2.05) is 13.0 Å². The Labute approximate surface area is 163 Å². The van der Waals surface area contributed by atoms with Gasteiger partial charge in [-0.05, 0) is 75.0 Å². The number of fused-ring (bicyclic) bond motifs is 1. The molecule has 0 radical (unpaired) electrons. The molecule has 0 spiro atoms. The highest BCUT2D eigenvalue weighted by Gasteiger charge is 2.53. The maximum atomic E-state index is 13.2. The SMILES string of the molecule is CC=C1CC(O)(C(F)F)CCC1C1CCC2(C)C(CCC2C(=O)CBr)C1. The molecule has 0 aromatic carbocycles. The Morgan fingerprint density at radius 1 is 1.31 bits per heavy atom. The van der Waals surface area contributed by atoms with Crippen molar-refractivity contribution in [2.75, 3.05) is 5.33 Å². The highest BCUT2D eigenvalue weighted by Crippen LogP contribution is 2.59. The molecule has 3 rings (SSSR count). The average molecular weight is 433 g/mol. The number of alkyl halides is 3. The fourth-order valence-electron chi connectivity index (χ4n) is 6.25. The summed E-state index contributed by atoms with van der Waals surface area (Å²) in [5, 5.41) is 10.7. The second kappa shape index (κ2) is 7.62. The van der Waals surface area contributed by atoms with Gasteiger partial charge in [0.05, 0.1) is 5.33 Å². The van der Waals surface area contributed by atoms with E-state index in [4.69, 9.17) is 0 Å². The van der Waals surface area contributed by atoms with Gasteiger partial charge in [0.15, 0.2) is 0 Å². The molecule has 3 fully saturated rings. The van der Waals surface area contributed by atoms with Gasteiger partial charge < -0.3 is 5.11 Å². The number of ketones is 1. The van der Waals surface area contributed by atoms with Crippen molar-refractivity contribution in [2.45, 2.75) is 77.2 Å². The maximum absolute atomic E-state index is 13.2. The summed E-state index contributed by atoms with van der Waals surface area (Å²) in [6.07, 6.45) is 5.53. The van der Waals surface area contributed by atoms with E-state index in [0.29, 0.717) is 35.3 Å². The first kappa shape index (κ1) is 20.4. The molecule has 3 aliphatic carbocycles. The molecular formula is C21H31BrF2O2. The first-order valence-corrected chi connectivity index (χ1v) is 11.1. The molecule has 1 N–H and O–H groups in total. The van der Waals surface area contributed by atoms with Crippen LogP contribution in [0.5, 0.6) is 0 Å². The van der Waals surface area contributed by atoms with Gasteiger partial charge in [0.1, 0.15) is 11.4 Å². The van der Waals surface area contributed by atoms with Crippen LogP contribution >= 0.6 is 15.9 Å². The molecule has 26 heavy (non-hydrogen) atoms. The van der Waals surface area contributed by atoms with Crippen molar-refractivity contribution >= 4 is 21.7 Å². The number of aliphatic hydroxyl groups is 1. The molecule has 0 saturated heterocycles. The van der Waals surface area contributed by atoms with E-state index in [9.17, 15) is 18.7 Å². The summed E-state index contributed by atoms with van der Waals surface area (Å²) >= 11 is 3.34. The Hall–Kier alpha value is -0.290. The van der Waals surface area contributed by atoms with E-state index in [2.05, 4.69) is 22.9 Å². The van der Waals surface area contributed by atoms with Gasteiger partial charge in [0.2, 0.25) is 0 Å². The van der Waals surface area contributed by atoms with E-state index < -0.39 is 12.0 Å². The van der Waals surface area contributed by atoms with Gasteiger partial charge in [-0.2, -0.15) is 0 Å². The Kier molecular flexibility index (Phi) is 5.99. The summed E-state index contributed by atoms with van der Waals surface area (Å²) in [5.41, 5.74) is -0.725. The number of hydrogen-bond acceptors (Lipinski definition) is 2. The lowest BCUT2D eigenvalue weighted by atomic mass is 9.58. The summed E-state index contributed by atoms with van der Waals surface area (Å²) in [6, 6.07) is 0. The van der Waals surface area contributed by atoms with Gasteiger partial charge in [0.25, 0.3) is 6.43 Å². The molecule has 148 valence electrons. The number of Topliss-reactive ketones (excluding diaryl/α,β-unsaturated/α-hetero) is 1. The topological polar surface area (TPSA) is 37.3 Å². The monoisotopic (exact) mass is 432 g/mol. The minimum atomic E-state index is -2.68. The molecule has 6 unspecified atom stereocenters. The van der Waals surface area contributed by atoms with Crippen LogP contribution in [0.1, 0.15) is 65.2 Å². The van der Waals surface area contributed by atoms with E-state index >= 15 is 0 Å². The van der Waals surface area contributed by atoms with Crippen LogP contribution in [0.25, 0.3) is 0 Å². The summed E-state index contributed by atoms with van der Waals surface area (Å²) < 4.78 is 26.5. The minimum Gasteiger partial charge on any atom is -0.384 e. The third kappa shape index (κ3) is 3.43. The molecule has 3 saturated carbocycles. The lowest BCUT2D eigenvalue weighted by Gasteiger charge is -2.48. The molecule has 5 heteroatoms. The first-order chi connectivity index (χ1) is 12.2. The molecule has 0 aromatic rings. The van der Waals surface area contributed by atoms with Gasteiger partial charge in [-0.25, -0.2) is 8.78 Å². The van der Waals surface area contributed by atoms with Crippen molar-refractivity contribution in [3.63, 3.8) is 0 Å². The molecule has 6 atom stereocenters. The fourth-order valence-corrected chi connectivity index (χ4v) is 6.64. The Balaban J connectivity index is 1.71. The number of hydrogen-bond donors (Lipinski definition) is 1. The lowest BCUT2D eigenvalue weighted by Crippen LogP contribution is -2.45. The van der Waals surface area contributed by atoms with Crippen molar-refractivity contribution in [3.05, 3.63) is 11.6 Å². The molecular weight excluding hydrogens is 402 g/mol. The van der Waals surface area contributed by atoms with Crippen molar-refractivity contribution in [3.8, 4) is 0 Å². The van der Waals surface area contributed by atoms with Crippen molar-refractivity contribution in [2.24, 2.45) is 29.1 Å². The van der Waals surface area contributed by atoms with Crippen LogP contribution in [-0.2, 0) is 4.79 Å². The fraction of sp³-hybridized carbons (Fsp3) is 0.857. The molecule has 0 aromatic heterocycles. The lowest BCUT2D eigenvalue weighted by molar-refractivity contribution is -0.125. The van der Waals surface area contributed by atoms with Crippen LogP contribution in [-0.4, -0.2) is 28.2 Å². The van der Waals surface area contributed by atoms with Crippen LogP contribution in [0.2, 0.25) is 0 Å². The van der Waals surface area contributed by atoms with Gasteiger partial charge in [-0.3, -0.25) is 4.79 Å². The van der Waals surface area contributed by atoms with Gasteiger partial charge in [-0.15, -0.1) is 0 Å². The largest absolute Gasteiger partial charge is 0.384 e. The number of rotatable bonds is 4. The second-order valence-electron chi connectivity index (χ2n) is 9.06. The summed E-state index contributed by atoms with van der Waals surface area (Å²) in [4.78, 5) is 12.3. The zero-order valence-electron chi connectivity index (χ0n) is 15.8. The standard InChI is InChI=1S/C21H31BrF2O2/c1-3-13-11-21(26,19(23)24)9-7-16(13)14-6-8-20(2)15(10-14)4-5-17(20)18(25)12-22/h3,14-17,19,26H,4-12H2,1-2H3. The van der Waals surface area contributed by atoms with Crippen LogP contribution in [0.3, 0.4) is 0 Å². The Morgan fingerprint density at radius 3 is 2.65 bits per heavy atom. The Morgan fingerprint density at radius 2 is 2.04 bits per heavy atom. The summed E-state index contributed by atoms with van der Waals surface area (Å²) in [6.45, 7) is 4.20. The second-order valence-corrected chi connectivity index (χ2v) is 9.62. The molecule has 0 heterocycles. The highest BCUT2D eigenvalue weighted by atomic mass is 79.9. The molecule has 0 aliphatic heterocycles. The van der Waals surface area contributed by atoms with Gasteiger partial charge in [0, 0.05) is 12.3 Å². The molecule has 0 amide bonds. The van der Waals surface area contributed by atoms with E-state index in [-0.39, 0.29) is 24.2 Å². The minimum absolute atomic E-state index is 0.106. The van der Waals surface area contributed by atoms with Crippen molar-refractivity contribution in [1.29, 1.82) is 0 Å². The third-order valence-electron chi connectivity index (χ3n) is 7.91. The smallest absolute Gasteiger partial charge is 0.267 e. The van der Waals surface area contributed by atoms with Crippen LogP contribution in [0.4, 0.5) is 8.78 Å². The maximum Gasteiger partial charge on any atom is 0.267 e. The van der Waals surface area contributed by atoms with Crippen molar-refractivity contribution in [1.82, 2.24) is 0 Å². The zero-order chi connectivity index (χ0) is 19.1. The van der Waals surface area contributed by atoms with E-state index in [1.54, 1.807) is 0 Å². The highest BCUT2D eigenvalue weighted by molar-refractivity contribution is 9.09. The number of carbonyl (C=O) groups is 1. The van der Waals surface area contributed by atoms with E-state index in [1.165, 1.54) is 0 Å². The predicted molar refractivity (Wildman–Crippen MR) is 103 cm³/mol. The first-order valence-electron chi connectivity index (χ1n) is 9.99. The van der Waals surface area contributed by atoms with Crippen LogP contribution < -0.4 is 0 Å². The zero-order valence-corrected chi connectivity index (χ0v) is 17.4. The Bertz CT molecular complexity index is 578. The normalized spacial score (nSPS) is 45.1. The van der Waals surface area contributed by atoms with Gasteiger partial charge >= 0.3 is 0 Å². The van der Waals surface area contributed by atoms with Crippen LogP contribution in [0, 0.1) is 29.1 Å². The molecule has 2 nitrogen and oxygen atoms in total. The van der Waals surface area contributed by atoms with E-state index in [0.717, 1.165) is 37.7 Å². The predicted octanol–water partition coefficient (Wildman–Crippen LogP) is 5.53. The quantitative estimate of drug-likeness (QED) is 0.468. The third-order valence-corrected chi connectivity index (χ3v) is 8.47. The number of carbonyl (C=O) groups excluding carboxylic acids is 1. The number of allylic oxidation sites excluding steroid dienone is 1. The van der Waals surface area contributed by atoms with Gasteiger partial charge in [-0.1, -0.05) is 34.5 Å². The summed E-state index contributed by atoms with van der Waals surface area (Å²) in [5.74, 6) is 1.88. The van der Waals surface area contributed by atoms with Crippen LogP contribution in [0.15, 0.2) is 11.6 Å². The average Bonchev–Trinajstić information content (AvgIpc) is 2.97. The molecule has 0 bridgehead atoms. The molecule has 3 aliphatic rings.